The maximum atomic E-state index is 12.8. The Kier molecular flexibility index (Phi) is 5.50. The SMILES string of the molecule is CCSCCC(CN)N1CCn2c(nnc2C(F)(F)F)C1. The molecule has 2 N–H and O–H groups in total. The van der Waals surface area contributed by atoms with E-state index in [1.807, 2.05) is 11.8 Å². The fourth-order valence-corrected chi connectivity index (χ4v) is 3.24. The number of nitrogens with two attached hydrogens (primary N) is 1. The molecule has 9 heteroatoms. The zero-order valence-corrected chi connectivity index (χ0v) is 12.8. The standard InChI is InChI=1S/C12H20F3N5S/c1-2-21-6-3-9(7-16)19-4-5-20-10(8-19)17-18-11(20)12(13,14)15/h9H,2-8,16H2,1H3. The fourth-order valence-electron chi connectivity index (χ4n) is 2.51. The van der Waals surface area contributed by atoms with Crippen LogP contribution in [-0.2, 0) is 19.3 Å². The zero-order valence-electron chi connectivity index (χ0n) is 11.9. The minimum atomic E-state index is -4.45. The molecule has 0 radical (unpaired) electrons. The van der Waals surface area contributed by atoms with Crippen molar-refractivity contribution < 1.29 is 13.2 Å². The molecule has 0 bridgehead atoms. The number of thioether (sulfide) groups is 1. The Bertz CT molecular complexity index is 462. The predicted molar refractivity (Wildman–Crippen MR) is 75.9 cm³/mol. The highest BCUT2D eigenvalue weighted by Crippen LogP contribution is 2.29. The molecular weight excluding hydrogens is 303 g/mol. The molecule has 0 amide bonds. The van der Waals surface area contributed by atoms with Crippen LogP contribution in [0.5, 0.6) is 0 Å². The molecule has 1 unspecified atom stereocenters. The van der Waals surface area contributed by atoms with Gasteiger partial charge in [0.25, 0.3) is 0 Å². The highest BCUT2D eigenvalue weighted by atomic mass is 32.2. The van der Waals surface area contributed by atoms with Crippen LogP contribution in [0, 0.1) is 0 Å². The summed E-state index contributed by atoms with van der Waals surface area (Å²) in [5, 5.41) is 6.98. The summed E-state index contributed by atoms with van der Waals surface area (Å²) in [6.07, 6.45) is -3.51. The van der Waals surface area contributed by atoms with Crippen LogP contribution in [0.1, 0.15) is 25.0 Å². The third-order valence-corrected chi connectivity index (χ3v) is 4.56. The smallest absolute Gasteiger partial charge is 0.329 e. The van der Waals surface area contributed by atoms with E-state index in [1.165, 1.54) is 4.57 Å². The topological polar surface area (TPSA) is 60.0 Å². The Balaban J connectivity index is 2.03. The van der Waals surface area contributed by atoms with Crippen molar-refractivity contribution in [3.8, 4) is 0 Å². The number of rotatable bonds is 6. The maximum Gasteiger partial charge on any atom is 0.451 e. The first-order chi connectivity index (χ1) is 9.97. The van der Waals surface area contributed by atoms with Crippen LogP contribution in [0.4, 0.5) is 13.2 Å². The van der Waals surface area contributed by atoms with Crippen LogP contribution in [0.25, 0.3) is 0 Å². The molecule has 0 fully saturated rings. The van der Waals surface area contributed by atoms with Gasteiger partial charge >= 0.3 is 6.18 Å². The first kappa shape index (κ1) is 16.6. The second-order valence-corrected chi connectivity index (χ2v) is 6.33. The largest absolute Gasteiger partial charge is 0.451 e. The van der Waals surface area contributed by atoms with Gasteiger partial charge in [-0.05, 0) is 17.9 Å². The molecule has 0 spiro atoms. The summed E-state index contributed by atoms with van der Waals surface area (Å²) in [6, 6.07) is 0.184. The fraction of sp³-hybridized carbons (Fsp3) is 0.833. The first-order valence-electron chi connectivity index (χ1n) is 6.98. The minimum absolute atomic E-state index is 0.184. The predicted octanol–water partition coefficient (Wildman–Crippen LogP) is 1.58. The quantitative estimate of drug-likeness (QED) is 0.806. The summed E-state index contributed by atoms with van der Waals surface area (Å²) >= 11 is 1.84. The van der Waals surface area contributed by atoms with Gasteiger partial charge in [-0.2, -0.15) is 24.9 Å². The van der Waals surface area contributed by atoms with E-state index in [1.54, 1.807) is 0 Å². The summed E-state index contributed by atoms with van der Waals surface area (Å²) in [4.78, 5) is 2.11. The number of nitrogens with zero attached hydrogens (tertiary/aromatic N) is 4. The number of fused-ring (bicyclic) bond motifs is 1. The molecule has 120 valence electrons. The lowest BCUT2D eigenvalue weighted by Gasteiger charge is -2.34. The first-order valence-corrected chi connectivity index (χ1v) is 8.14. The number of hydrogen-bond donors (Lipinski definition) is 1. The highest BCUT2D eigenvalue weighted by Gasteiger charge is 2.39. The Labute approximate surface area is 126 Å². The van der Waals surface area contributed by atoms with Gasteiger partial charge in [0.05, 0.1) is 6.54 Å². The molecule has 2 heterocycles. The molecule has 0 aliphatic carbocycles. The number of halogens is 3. The molecular formula is C12H20F3N5S. The van der Waals surface area contributed by atoms with E-state index in [-0.39, 0.29) is 12.6 Å². The van der Waals surface area contributed by atoms with Gasteiger partial charge in [-0.25, -0.2) is 0 Å². The van der Waals surface area contributed by atoms with E-state index in [9.17, 15) is 13.2 Å². The van der Waals surface area contributed by atoms with E-state index in [0.29, 0.717) is 25.5 Å². The third kappa shape index (κ3) is 3.89. The van der Waals surface area contributed by atoms with Gasteiger partial charge < -0.3 is 10.3 Å². The van der Waals surface area contributed by atoms with Gasteiger partial charge in [-0.1, -0.05) is 6.92 Å². The molecule has 1 aromatic rings. The second kappa shape index (κ2) is 6.97. The van der Waals surface area contributed by atoms with Crippen LogP contribution in [0.2, 0.25) is 0 Å². The molecule has 1 aliphatic rings. The third-order valence-electron chi connectivity index (χ3n) is 3.62. The molecule has 0 saturated carbocycles. The lowest BCUT2D eigenvalue weighted by molar-refractivity contribution is -0.148. The van der Waals surface area contributed by atoms with Crippen molar-refractivity contribution in [2.75, 3.05) is 24.6 Å². The molecule has 2 rings (SSSR count). The summed E-state index contributed by atoms with van der Waals surface area (Å²) in [6.45, 7) is 3.79. The van der Waals surface area contributed by atoms with Crippen molar-refractivity contribution in [3.63, 3.8) is 0 Å². The van der Waals surface area contributed by atoms with Crippen molar-refractivity contribution in [2.45, 2.75) is 38.7 Å². The van der Waals surface area contributed by atoms with Gasteiger partial charge in [-0.3, -0.25) is 4.90 Å². The van der Waals surface area contributed by atoms with Crippen molar-refractivity contribution in [3.05, 3.63) is 11.6 Å². The summed E-state index contributed by atoms with van der Waals surface area (Å²) in [5.41, 5.74) is 5.81. The van der Waals surface area contributed by atoms with E-state index in [0.717, 1.165) is 17.9 Å². The minimum Gasteiger partial charge on any atom is -0.329 e. The molecule has 1 atom stereocenters. The second-order valence-electron chi connectivity index (χ2n) is 4.93. The molecule has 0 aromatic carbocycles. The molecule has 1 aromatic heterocycles. The summed E-state index contributed by atoms with van der Waals surface area (Å²) in [5.74, 6) is 1.54. The Morgan fingerprint density at radius 1 is 1.33 bits per heavy atom. The Hall–Kier alpha value is -0.800. The lowest BCUT2D eigenvalue weighted by Crippen LogP contribution is -2.45. The van der Waals surface area contributed by atoms with E-state index < -0.39 is 12.0 Å². The van der Waals surface area contributed by atoms with Crippen molar-refractivity contribution in [1.29, 1.82) is 0 Å². The zero-order chi connectivity index (χ0) is 15.5. The summed E-state index contributed by atoms with van der Waals surface area (Å²) < 4.78 is 39.5. The average Bonchev–Trinajstić information content (AvgIpc) is 2.86. The highest BCUT2D eigenvalue weighted by molar-refractivity contribution is 7.99. The number of aromatic nitrogens is 3. The lowest BCUT2D eigenvalue weighted by atomic mass is 10.1. The Morgan fingerprint density at radius 3 is 2.71 bits per heavy atom. The van der Waals surface area contributed by atoms with Gasteiger partial charge in [0, 0.05) is 25.7 Å². The average molecular weight is 323 g/mol. The van der Waals surface area contributed by atoms with Gasteiger partial charge in [0.15, 0.2) is 0 Å². The normalized spacial score (nSPS) is 17.8. The molecule has 0 saturated heterocycles. The van der Waals surface area contributed by atoms with Crippen LogP contribution < -0.4 is 5.73 Å². The summed E-state index contributed by atoms with van der Waals surface area (Å²) in [7, 11) is 0. The molecule has 5 nitrogen and oxygen atoms in total. The van der Waals surface area contributed by atoms with E-state index >= 15 is 0 Å². The van der Waals surface area contributed by atoms with Gasteiger partial charge in [-0.15, -0.1) is 10.2 Å². The van der Waals surface area contributed by atoms with Crippen LogP contribution in [0.3, 0.4) is 0 Å². The van der Waals surface area contributed by atoms with E-state index in [4.69, 9.17) is 5.73 Å². The molecule has 1 aliphatic heterocycles. The van der Waals surface area contributed by atoms with Crippen molar-refractivity contribution in [2.24, 2.45) is 5.73 Å². The van der Waals surface area contributed by atoms with E-state index in [2.05, 4.69) is 22.0 Å². The van der Waals surface area contributed by atoms with Gasteiger partial charge in [0.2, 0.25) is 5.82 Å². The van der Waals surface area contributed by atoms with Crippen LogP contribution in [-0.4, -0.2) is 50.3 Å². The van der Waals surface area contributed by atoms with Gasteiger partial charge in [0.1, 0.15) is 5.82 Å². The number of hydrogen-bond acceptors (Lipinski definition) is 5. The van der Waals surface area contributed by atoms with Crippen molar-refractivity contribution >= 4 is 11.8 Å². The van der Waals surface area contributed by atoms with Crippen molar-refractivity contribution in [1.82, 2.24) is 19.7 Å². The Morgan fingerprint density at radius 2 is 2.10 bits per heavy atom. The van der Waals surface area contributed by atoms with Crippen LogP contribution >= 0.6 is 11.8 Å². The molecule has 21 heavy (non-hydrogen) atoms. The van der Waals surface area contributed by atoms with Crippen LogP contribution in [0.15, 0.2) is 0 Å². The maximum absolute atomic E-state index is 12.8. The monoisotopic (exact) mass is 323 g/mol. The number of alkyl halides is 3.